The summed E-state index contributed by atoms with van der Waals surface area (Å²) in [4.78, 5) is 5.26. The zero-order chi connectivity index (χ0) is 39.6. The zero-order valence-electron chi connectivity index (χ0n) is 33.2. The molecule has 7 aromatic carbocycles. The molecule has 0 saturated carbocycles. The molecule has 1 fully saturated rings. The van der Waals surface area contributed by atoms with Crippen molar-refractivity contribution in [2.45, 2.75) is 41.5 Å². The fourth-order valence-corrected chi connectivity index (χ4v) is 15.1. The third-order valence-corrected chi connectivity index (χ3v) is 16.9. The average Bonchev–Trinajstić information content (AvgIpc) is 3.76. The first kappa shape index (κ1) is 37.3. The van der Waals surface area contributed by atoms with Gasteiger partial charge in [-0.05, 0) is 108 Å². The number of aryl methyl sites for hydroxylation is 6. The Morgan fingerprint density at radius 3 is 1.61 bits per heavy atom. The van der Waals surface area contributed by atoms with Crippen molar-refractivity contribution in [1.82, 2.24) is 0 Å². The Labute approximate surface area is 347 Å². The van der Waals surface area contributed by atoms with Gasteiger partial charge in [0, 0.05) is 28.8 Å². The monoisotopic (exact) mass is 798 g/mol. The number of halogens is 2. The fourth-order valence-electron chi connectivity index (χ4n) is 9.72. The van der Waals surface area contributed by atoms with Crippen molar-refractivity contribution in [3.05, 3.63) is 205 Å². The van der Waals surface area contributed by atoms with Crippen molar-refractivity contribution in [3.8, 4) is 11.1 Å². The van der Waals surface area contributed by atoms with Crippen LogP contribution in [-0.2, 0) is 0 Å². The summed E-state index contributed by atoms with van der Waals surface area (Å²) in [6.45, 7) is 11.1. The summed E-state index contributed by atoms with van der Waals surface area (Å²) in [6, 6.07) is 53.3. The molecule has 1 saturated heterocycles. The minimum atomic E-state index is -2.92. The van der Waals surface area contributed by atoms with E-state index >= 15 is 0 Å². The maximum Gasteiger partial charge on any atom is 0.100 e. The molecular weight excluding hydrogens is 754 g/mol. The molecule has 1 heterocycles. The van der Waals surface area contributed by atoms with E-state index in [1.165, 1.54) is 93.6 Å². The molecule has 0 N–H and O–H groups in total. The van der Waals surface area contributed by atoms with Crippen LogP contribution < -0.4 is 36.2 Å². The van der Waals surface area contributed by atoms with E-state index < -0.39 is 6.89 Å². The third kappa shape index (κ3) is 6.01. The first-order chi connectivity index (χ1) is 27.6. The van der Waals surface area contributed by atoms with E-state index in [9.17, 15) is 0 Å². The second-order valence-corrected chi connectivity index (χ2v) is 19.6. The Morgan fingerprint density at radius 1 is 0.509 bits per heavy atom. The molecule has 0 atom stereocenters. The summed E-state index contributed by atoms with van der Waals surface area (Å²) in [5, 5.41) is 7.01. The average molecular weight is 800 g/mol. The van der Waals surface area contributed by atoms with Gasteiger partial charge in [-0.1, -0.05) is 174 Å². The molecule has 1 aliphatic heterocycles. The van der Waals surface area contributed by atoms with Gasteiger partial charge in [0.1, 0.15) is 6.67 Å². The van der Waals surface area contributed by atoms with Crippen molar-refractivity contribution >= 4 is 74.6 Å². The van der Waals surface area contributed by atoms with Crippen LogP contribution in [0.5, 0.6) is 0 Å². The van der Waals surface area contributed by atoms with Gasteiger partial charge >= 0.3 is 0 Å². The van der Waals surface area contributed by atoms with E-state index in [1.54, 1.807) is 0 Å². The normalized spacial score (nSPS) is 14.5. The summed E-state index contributed by atoms with van der Waals surface area (Å²) >= 11 is 14.8. The van der Waals surface area contributed by atoms with Crippen molar-refractivity contribution in [1.29, 1.82) is 0 Å². The molecule has 0 aromatic heterocycles. The van der Waals surface area contributed by atoms with Gasteiger partial charge in [-0.3, -0.25) is 0 Å². The van der Waals surface area contributed by atoms with Crippen molar-refractivity contribution < 1.29 is 0 Å². The van der Waals surface area contributed by atoms with E-state index in [-0.39, 0.29) is 0 Å². The van der Waals surface area contributed by atoms with Crippen LogP contribution in [0.3, 0.4) is 0 Å². The molecule has 0 amide bonds. The predicted octanol–water partition coefficient (Wildman–Crippen LogP) is 10.9. The highest BCUT2D eigenvalue weighted by Gasteiger charge is 2.44. The molecule has 5 heteroatoms. The minimum Gasteiger partial charge on any atom is -0.320 e. The predicted molar refractivity (Wildman–Crippen MR) is 249 cm³/mol. The molecule has 0 bridgehead atoms. The number of hydrogen-bond donors (Lipinski definition) is 0. The first-order valence-electron chi connectivity index (χ1n) is 19.6. The van der Waals surface area contributed by atoms with E-state index in [1.807, 2.05) is 6.07 Å². The molecular formula is C52H45Cl2N2P. The quantitative estimate of drug-likeness (QED) is 0.160. The van der Waals surface area contributed by atoms with Gasteiger partial charge in [0.25, 0.3) is 0 Å². The smallest absolute Gasteiger partial charge is 0.100 e. The molecule has 2 aliphatic rings. The summed E-state index contributed by atoms with van der Waals surface area (Å²) in [6.07, 6.45) is 2.39. The number of nitrogens with zero attached hydrogens (tertiary/aromatic N) is 2. The van der Waals surface area contributed by atoms with Crippen LogP contribution in [0.15, 0.2) is 146 Å². The Balaban J connectivity index is 1.63. The maximum absolute atomic E-state index is 7.64. The lowest BCUT2D eigenvalue weighted by molar-refractivity contribution is 0.989. The van der Waals surface area contributed by atoms with Crippen LogP contribution in [0.2, 0.25) is 10.0 Å². The molecule has 7 aromatic rings. The lowest BCUT2D eigenvalue weighted by Crippen LogP contribution is -2.40. The van der Waals surface area contributed by atoms with Gasteiger partial charge in [-0.15, -0.1) is 0 Å². The summed E-state index contributed by atoms with van der Waals surface area (Å²) in [5.74, 6) is 0. The highest BCUT2D eigenvalue weighted by molar-refractivity contribution is 7.96. The van der Waals surface area contributed by atoms with Crippen molar-refractivity contribution in [3.63, 3.8) is 0 Å². The SMILES string of the molecule is Cc1cc(C)c(N2CN(c3c(C)cc(C)cc3C)C(=P(c3ccccc3)(c3ccccc3)c3cccc(Cl)c3Cl)C2=c2cccc3c2=Cc2ccccc2-3)c(C)c1. The Bertz CT molecular complexity index is 2840. The van der Waals surface area contributed by atoms with Gasteiger partial charge in [-0.25, -0.2) is 0 Å². The lowest BCUT2D eigenvalue weighted by Gasteiger charge is -2.36. The Morgan fingerprint density at radius 2 is 1.02 bits per heavy atom. The van der Waals surface area contributed by atoms with E-state index in [2.05, 4.69) is 197 Å². The fraction of sp³-hybridized carbons (Fsp3) is 0.135. The summed E-state index contributed by atoms with van der Waals surface area (Å²) in [5.41, 5.74) is 16.1. The van der Waals surface area contributed by atoms with Crippen LogP contribution in [0.25, 0.3) is 22.9 Å². The number of anilines is 2. The van der Waals surface area contributed by atoms with Crippen LogP contribution in [0, 0.1) is 41.5 Å². The Hall–Kier alpha value is -5.24. The second-order valence-electron chi connectivity index (χ2n) is 15.6. The van der Waals surface area contributed by atoms with Crippen LogP contribution in [0.4, 0.5) is 11.4 Å². The molecule has 2 nitrogen and oxygen atoms in total. The first-order valence-corrected chi connectivity index (χ1v) is 22.1. The molecule has 57 heavy (non-hydrogen) atoms. The summed E-state index contributed by atoms with van der Waals surface area (Å²) in [7, 11) is 0. The molecule has 0 spiro atoms. The standard InChI is InChI=1S/C52H45Cl2N2P/c1-33-27-35(3)49(36(4)28-33)55-32-56(50-37(5)29-34(2)30-38(50)6)52(51(55)44-24-15-23-43-42-22-14-13-17-39(42)31-45(43)44)57(40-18-9-7-10-19-40,41-20-11-8-12-21-41)47-26-16-25-46(53)48(47)54/h7-31H,32H2,1-6H3. The van der Waals surface area contributed by atoms with Crippen LogP contribution in [0.1, 0.15) is 38.9 Å². The maximum atomic E-state index is 7.64. The minimum absolute atomic E-state index is 0.547. The molecule has 0 radical (unpaired) electrons. The third-order valence-electron chi connectivity index (χ3n) is 11.6. The zero-order valence-corrected chi connectivity index (χ0v) is 35.6. The highest BCUT2D eigenvalue weighted by Crippen LogP contribution is 2.54. The van der Waals surface area contributed by atoms with E-state index in [4.69, 9.17) is 23.2 Å². The number of hydrogen-bond acceptors (Lipinski definition) is 1. The lowest BCUT2D eigenvalue weighted by atomic mass is 10.0. The Kier molecular flexibility index (Phi) is 9.57. The summed E-state index contributed by atoms with van der Waals surface area (Å²) < 4.78 is 0. The van der Waals surface area contributed by atoms with Crippen LogP contribution >= 0.6 is 30.1 Å². The van der Waals surface area contributed by atoms with Crippen LogP contribution in [-0.4, -0.2) is 12.1 Å². The van der Waals surface area contributed by atoms with Gasteiger partial charge in [0.2, 0.25) is 0 Å². The molecule has 0 unspecified atom stereocenters. The molecule has 1 aliphatic carbocycles. The largest absolute Gasteiger partial charge is 0.320 e. The van der Waals surface area contributed by atoms with E-state index in [0.29, 0.717) is 16.7 Å². The number of rotatable bonds is 5. The highest BCUT2D eigenvalue weighted by atomic mass is 35.5. The van der Waals surface area contributed by atoms with E-state index in [0.717, 1.165) is 5.30 Å². The van der Waals surface area contributed by atoms with Gasteiger partial charge in [0.15, 0.2) is 0 Å². The number of fused-ring (bicyclic) bond motifs is 3. The van der Waals surface area contributed by atoms with Gasteiger partial charge in [-0.2, -0.15) is 0 Å². The van der Waals surface area contributed by atoms with Crippen molar-refractivity contribution in [2.75, 3.05) is 16.5 Å². The van der Waals surface area contributed by atoms with Gasteiger partial charge in [0.05, 0.1) is 21.2 Å². The molecule has 9 rings (SSSR count). The topological polar surface area (TPSA) is 6.48 Å². The van der Waals surface area contributed by atoms with Crippen molar-refractivity contribution in [2.24, 2.45) is 0 Å². The van der Waals surface area contributed by atoms with Gasteiger partial charge < -0.3 is 9.80 Å². The number of benzene rings is 7. The second kappa shape index (κ2) is 14.6. The molecule has 282 valence electrons.